The van der Waals surface area contributed by atoms with E-state index in [-0.39, 0.29) is 12.0 Å². The van der Waals surface area contributed by atoms with E-state index in [4.69, 9.17) is 15.2 Å². The topological polar surface area (TPSA) is 85.9 Å². The Labute approximate surface area is 141 Å². The number of hydrazone groups is 1. The number of hydrogen-bond acceptors (Lipinski definition) is 5. The second kappa shape index (κ2) is 8.01. The van der Waals surface area contributed by atoms with Crippen LogP contribution in [0.3, 0.4) is 0 Å². The molecule has 0 aliphatic heterocycles. The summed E-state index contributed by atoms with van der Waals surface area (Å²) in [5, 5.41) is 3.99. The number of ether oxygens (including phenoxy) is 2. The van der Waals surface area contributed by atoms with Crippen LogP contribution in [0.5, 0.6) is 11.5 Å². The van der Waals surface area contributed by atoms with Crippen LogP contribution in [0, 0.1) is 0 Å². The first-order chi connectivity index (χ1) is 11.5. The molecule has 0 heterocycles. The highest BCUT2D eigenvalue weighted by Crippen LogP contribution is 2.30. The SMILES string of the molecule is COc1cccc(/C=N\NC(=O)c2ccc(N)cc2)c1OC(C)C. The molecule has 2 aromatic rings. The van der Waals surface area contributed by atoms with E-state index in [1.807, 2.05) is 32.0 Å². The van der Waals surface area contributed by atoms with Gasteiger partial charge in [-0.3, -0.25) is 4.79 Å². The number of carbonyl (C=O) groups excluding carboxylic acids is 1. The second-order valence-corrected chi connectivity index (χ2v) is 5.37. The van der Waals surface area contributed by atoms with Gasteiger partial charge in [-0.15, -0.1) is 0 Å². The smallest absolute Gasteiger partial charge is 0.271 e. The molecule has 0 bridgehead atoms. The minimum Gasteiger partial charge on any atom is -0.493 e. The van der Waals surface area contributed by atoms with Crippen LogP contribution in [0.2, 0.25) is 0 Å². The van der Waals surface area contributed by atoms with Crippen molar-refractivity contribution in [1.29, 1.82) is 0 Å². The first-order valence-electron chi connectivity index (χ1n) is 7.54. The highest BCUT2D eigenvalue weighted by Gasteiger charge is 2.11. The number of methoxy groups -OCH3 is 1. The Kier molecular flexibility index (Phi) is 5.78. The summed E-state index contributed by atoms with van der Waals surface area (Å²) in [4.78, 5) is 12.0. The van der Waals surface area contributed by atoms with Gasteiger partial charge in [-0.05, 0) is 50.2 Å². The van der Waals surface area contributed by atoms with Crippen LogP contribution in [0.15, 0.2) is 47.6 Å². The number of nitrogens with one attached hydrogen (secondary N) is 1. The van der Waals surface area contributed by atoms with Crippen LogP contribution in [0.25, 0.3) is 0 Å². The monoisotopic (exact) mass is 327 g/mol. The normalized spacial score (nSPS) is 10.8. The van der Waals surface area contributed by atoms with Crippen molar-refractivity contribution in [3.8, 4) is 11.5 Å². The van der Waals surface area contributed by atoms with E-state index in [2.05, 4.69) is 10.5 Å². The summed E-state index contributed by atoms with van der Waals surface area (Å²) in [5.41, 5.74) is 9.86. The van der Waals surface area contributed by atoms with Crippen LogP contribution >= 0.6 is 0 Å². The van der Waals surface area contributed by atoms with E-state index >= 15 is 0 Å². The van der Waals surface area contributed by atoms with Gasteiger partial charge in [0.2, 0.25) is 0 Å². The quantitative estimate of drug-likeness (QED) is 0.485. The molecule has 2 aromatic carbocycles. The number of carbonyl (C=O) groups is 1. The third-order valence-electron chi connectivity index (χ3n) is 3.13. The van der Waals surface area contributed by atoms with Gasteiger partial charge in [-0.1, -0.05) is 6.07 Å². The summed E-state index contributed by atoms with van der Waals surface area (Å²) < 4.78 is 11.1. The highest BCUT2D eigenvalue weighted by atomic mass is 16.5. The Balaban J connectivity index is 2.13. The molecule has 1 amide bonds. The Hall–Kier alpha value is -3.02. The molecule has 6 nitrogen and oxygen atoms in total. The molecule has 126 valence electrons. The summed E-state index contributed by atoms with van der Waals surface area (Å²) in [6, 6.07) is 12.1. The summed E-state index contributed by atoms with van der Waals surface area (Å²) in [7, 11) is 1.58. The average Bonchev–Trinajstić information content (AvgIpc) is 2.56. The minimum atomic E-state index is -0.319. The Morgan fingerprint density at radius 2 is 1.92 bits per heavy atom. The third-order valence-corrected chi connectivity index (χ3v) is 3.13. The molecule has 0 atom stereocenters. The lowest BCUT2D eigenvalue weighted by Gasteiger charge is -2.15. The Morgan fingerprint density at radius 1 is 1.21 bits per heavy atom. The number of amides is 1. The van der Waals surface area contributed by atoms with Crippen LogP contribution in [-0.2, 0) is 0 Å². The number of benzene rings is 2. The lowest BCUT2D eigenvalue weighted by atomic mass is 10.2. The van der Waals surface area contributed by atoms with Crippen molar-refractivity contribution < 1.29 is 14.3 Å². The van der Waals surface area contributed by atoms with E-state index in [9.17, 15) is 4.79 Å². The van der Waals surface area contributed by atoms with E-state index in [1.54, 1.807) is 31.4 Å². The fourth-order valence-electron chi connectivity index (χ4n) is 2.02. The number of nitrogens with two attached hydrogens (primary N) is 1. The molecule has 3 N–H and O–H groups in total. The summed E-state index contributed by atoms with van der Waals surface area (Å²) in [6.45, 7) is 3.85. The zero-order chi connectivity index (χ0) is 17.5. The molecule has 24 heavy (non-hydrogen) atoms. The largest absolute Gasteiger partial charge is 0.493 e. The number of anilines is 1. The molecular formula is C18H21N3O3. The third kappa shape index (κ3) is 4.49. The molecule has 0 fully saturated rings. The number of hydrogen-bond donors (Lipinski definition) is 2. The zero-order valence-corrected chi connectivity index (χ0v) is 13.9. The fourth-order valence-corrected chi connectivity index (χ4v) is 2.02. The fraction of sp³-hybridized carbons (Fsp3) is 0.222. The molecule has 2 rings (SSSR count). The van der Waals surface area contributed by atoms with Gasteiger partial charge in [-0.2, -0.15) is 5.10 Å². The molecule has 0 saturated carbocycles. The van der Waals surface area contributed by atoms with Crippen LogP contribution in [-0.4, -0.2) is 25.3 Å². The van der Waals surface area contributed by atoms with Crippen molar-refractivity contribution in [2.24, 2.45) is 5.10 Å². The van der Waals surface area contributed by atoms with Crippen molar-refractivity contribution in [3.05, 3.63) is 53.6 Å². The average molecular weight is 327 g/mol. The van der Waals surface area contributed by atoms with E-state index < -0.39 is 0 Å². The van der Waals surface area contributed by atoms with Crippen molar-refractivity contribution in [2.75, 3.05) is 12.8 Å². The van der Waals surface area contributed by atoms with Gasteiger partial charge >= 0.3 is 0 Å². The predicted molar refractivity (Wildman–Crippen MR) is 94.7 cm³/mol. The predicted octanol–water partition coefficient (Wildman–Crippen LogP) is 2.83. The number of rotatable bonds is 6. The Morgan fingerprint density at radius 3 is 2.54 bits per heavy atom. The van der Waals surface area contributed by atoms with E-state index in [1.165, 1.54) is 6.21 Å². The number of para-hydroxylation sites is 1. The van der Waals surface area contributed by atoms with Gasteiger partial charge in [-0.25, -0.2) is 5.43 Å². The van der Waals surface area contributed by atoms with E-state index in [0.717, 1.165) is 0 Å². The van der Waals surface area contributed by atoms with Gasteiger partial charge in [0.1, 0.15) is 0 Å². The second-order valence-electron chi connectivity index (χ2n) is 5.37. The summed E-state index contributed by atoms with van der Waals surface area (Å²) in [6.07, 6.45) is 1.51. The standard InChI is InChI=1S/C18H21N3O3/c1-12(2)24-17-14(5-4-6-16(17)23-3)11-20-21-18(22)13-7-9-15(19)10-8-13/h4-12H,19H2,1-3H3,(H,21,22)/b20-11-. The molecule has 0 aliphatic carbocycles. The highest BCUT2D eigenvalue weighted by molar-refractivity contribution is 5.95. The summed E-state index contributed by atoms with van der Waals surface area (Å²) in [5.74, 6) is 0.874. The lowest BCUT2D eigenvalue weighted by molar-refractivity contribution is 0.0955. The van der Waals surface area contributed by atoms with Crippen LogP contribution in [0.1, 0.15) is 29.8 Å². The first-order valence-corrected chi connectivity index (χ1v) is 7.54. The molecule has 0 radical (unpaired) electrons. The van der Waals surface area contributed by atoms with Gasteiger partial charge in [0.25, 0.3) is 5.91 Å². The molecular weight excluding hydrogens is 306 g/mol. The molecule has 0 spiro atoms. The zero-order valence-electron chi connectivity index (χ0n) is 13.9. The van der Waals surface area contributed by atoms with Gasteiger partial charge in [0.05, 0.1) is 19.4 Å². The maximum atomic E-state index is 12.0. The molecule has 0 aliphatic rings. The van der Waals surface area contributed by atoms with Crippen LogP contribution < -0.4 is 20.6 Å². The number of nitrogens with zero attached hydrogens (tertiary/aromatic N) is 1. The van der Waals surface area contributed by atoms with E-state index in [0.29, 0.717) is 28.3 Å². The first kappa shape index (κ1) is 17.3. The lowest BCUT2D eigenvalue weighted by Crippen LogP contribution is -2.17. The maximum Gasteiger partial charge on any atom is 0.271 e. The Bertz CT molecular complexity index is 725. The van der Waals surface area contributed by atoms with Crippen LogP contribution in [0.4, 0.5) is 5.69 Å². The molecule has 0 aromatic heterocycles. The maximum absolute atomic E-state index is 12.0. The molecule has 0 saturated heterocycles. The molecule has 6 heteroatoms. The van der Waals surface area contributed by atoms with Crippen molar-refractivity contribution in [2.45, 2.75) is 20.0 Å². The molecule has 0 unspecified atom stereocenters. The van der Waals surface area contributed by atoms with Crippen molar-refractivity contribution >= 4 is 17.8 Å². The summed E-state index contributed by atoms with van der Waals surface area (Å²) >= 11 is 0. The minimum absolute atomic E-state index is 0.0159. The van der Waals surface area contributed by atoms with Crippen molar-refractivity contribution in [1.82, 2.24) is 5.43 Å². The van der Waals surface area contributed by atoms with Gasteiger partial charge in [0, 0.05) is 16.8 Å². The van der Waals surface area contributed by atoms with Crippen molar-refractivity contribution in [3.63, 3.8) is 0 Å². The van der Waals surface area contributed by atoms with Gasteiger partial charge in [0.15, 0.2) is 11.5 Å². The number of nitrogen functional groups attached to an aromatic ring is 1. The van der Waals surface area contributed by atoms with Gasteiger partial charge < -0.3 is 15.2 Å².